The Morgan fingerprint density at radius 2 is 1.79 bits per heavy atom. The fourth-order valence-electron chi connectivity index (χ4n) is 2.76. The van der Waals surface area contributed by atoms with Crippen LogP contribution in [0.2, 0.25) is 0 Å². The van der Waals surface area contributed by atoms with Crippen molar-refractivity contribution in [3.8, 4) is 11.5 Å². The molecule has 2 aromatic carbocycles. The average molecular weight is 315 g/mol. The van der Waals surface area contributed by atoms with Crippen molar-refractivity contribution in [1.29, 1.82) is 0 Å². The van der Waals surface area contributed by atoms with E-state index in [1.165, 1.54) is 0 Å². The summed E-state index contributed by atoms with van der Waals surface area (Å²) in [5.41, 5.74) is 11.7. The maximum Gasteiger partial charge on any atom is 0.227 e. The highest BCUT2D eigenvalue weighted by molar-refractivity contribution is 5.76. The first kappa shape index (κ1) is 14.5. The van der Waals surface area contributed by atoms with Gasteiger partial charge in [-0.15, -0.1) is 0 Å². The second-order valence-electron chi connectivity index (χ2n) is 5.72. The van der Waals surface area contributed by atoms with Gasteiger partial charge in [0.15, 0.2) is 5.58 Å². The molecule has 4 nitrogen and oxygen atoms in total. The zero-order valence-corrected chi connectivity index (χ0v) is 13.1. The van der Waals surface area contributed by atoms with Crippen LogP contribution in [0.1, 0.15) is 11.3 Å². The van der Waals surface area contributed by atoms with Crippen molar-refractivity contribution < 1.29 is 4.42 Å². The minimum Gasteiger partial charge on any atom is -0.436 e. The summed E-state index contributed by atoms with van der Waals surface area (Å²) < 4.78 is 5.80. The van der Waals surface area contributed by atoms with E-state index < -0.39 is 0 Å². The number of aromatic nitrogens is 2. The number of hydrogen-bond acceptors (Lipinski definition) is 4. The molecule has 0 unspecified atom stereocenters. The summed E-state index contributed by atoms with van der Waals surface area (Å²) in [4.78, 5) is 8.86. The van der Waals surface area contributed by atoms with Gasteiger partial charge < -0.3 is 10.2 Å². The number of pyridine rings is 1. The SMILES string of the molecule is Nc1cc(-c2nc3ccccc3o2)ccc1CCc1ccccn1. The molecule has 0 aliphatic carbocycles. The van der Waals surface area contributed by atoms with Crippen molar-refractivity contribution in [1.82, 2.24) is 9.97 Å². The highest BCUT2D eigenvalue weighted by Gasteiger charge is 2.10. The quantitative estimate of drug-likeness (QED) is 0.572. The van der Waals surface area contributed by atoms with E-state index in [2.05, 4.69) is 9.97 Å². The van der Waals surface area contributed by atoms with Gasteiger partial charge in [-0.1, -0.05) is 24.3 Å². The number of aryl methyl sites for hydroxylation is 2. The molecule has 0 saturated carbocycles. The molecule has 118 valence electrons. The van der Waals surface area contributed by atoms with Crippen LogP contribution in [0.15, 0.2) is 71.3 Å². The summed E-state index contributed by atoms with van der Waals surface area (Å²) in [5.74, 6) is 0.596. The normalized spacial score (nSPS) is 11.0. The Bertz CT molecular complexity index is 944. The molecule has 2 aromatic heterocycles. The summed E-state index contributed by atoms with van der Waals surface area (Å²) >= 11 is 0. The first-order chi connectivity index (χ1) is 11.8. The molecule has 0 fully saturated rings. The highest BCUT2D eigenvalue weighted by atomic mass is 16.3. The largest absolute Gasteiger partial charge is 0.436 e. The molecule has 4 aromatic rings. The Morgan fingerprint density at radius 3 is 2.58 bits per heavy atom. The number of oxazole rings is 1. The molecule has 0 bridgehead atoms. The minimum absolute atomic E-state index is 0.596. The minimum atomic E-state index is 0.596. The first-order valence-electron chi connectivity index (χ1n) is 7.94. The molecule has 0 amide bonds. The van der Waals surface area contributed by atoms with Crippen molar-refractivity contribution in [2.24, 2.45) is 0 Å². The third-order valence-corrected chi connectivity index (χ3v) is 4.06. The van der Waals surface area contributed by atoms with Gasteiger partial charge in [0.2, 0.25) is 5.89 Å². The van der Waals surface area contributed by atoms with Crippen molar-refractivity contribution in [3.63, 3.8) is 0 Å². The third-order valence-electron chi connectivity index (χ3n) is 4.06. The predicted octanol–water partition coefficient (Wildman–Crippen LogP) is 4.26. The molecule has 0 radical (unpaired) electrons. The van der Waals surface area contributed by atoms with Crippen LogP contribution in [-0.4, -0.2) is 9.97 Å². The second-order valence-corrected chi connectivity index (χ2v) is 5.72. The van der Waals surface area contributed by atoms with Crippen molar-refractivity contribution in [2.75, 3.05) is 5.73 Å². The van der Waals surface area contributed by atoms with Gasteiger partial charge in [-0.05, 0) is 54.8 Å². The number of nitrogens with two attached hydrogens (primary N) is 1. The maximum absolute atomic E-state index is 6.23. The molecule has 0 aliphatic rings. The van der Waals surface area contributed by atoms with E-state index in [1.807, 2.05) is 66.9 Å². The van der Waals surface area contributed by atoms with Gasteiger partial charge in [-0.2, -0.15) is 0 Å². The number of benzene rings is 2. The summed E-state index contributed by atoms with van der Waals surface area (Å²) in [6.45, 7) is 0. The van der Waals surface area contributed by atoms with Crippen LogP contribution >= 0.6 is 0 Å². The van der Waals surface area contributed by atoms with Crippen LogP contribution in [0.5, 0.6) is 0 Å². The van der Waals surface area contributed by atoms with E-state index >= 15 is 0 Å². The Balaban J connectivity index is 1.57. The van der Waals surface area contributed by atoms with Gasteiger partial charge in [0.1, 0.15) is 5.52 Å². The van der Waals surface area contributed by atoms with Gasteiger partial charge in [0.25, 0.3) is 0 Å². The summed E-state index contributed by atoms with van der Waals surface area (Å²) in [6, 6.07) is 19.7. The zero-order valence-electron chi connectivity index (χ0n) is 13.1. The van der Waals surface area contributed by atoms with Gasteiger partial charge in [-0.25, -0.2) is 4.98 Å². The molecule has 0 aliphatic heterocycles. The molecule has 0 spiro atoms. The smallest absolute Gasteiger partial charge is 0.227 e. The number of anilines is 1. The fourth-order valence-corrected chi connectivity index (χ4v) is 2.76. The average Bonchev–Trinajstić information content (AvgIpc) is 3.06. The topological polar surface area (TPSA) is 64.9 Å². The number of rotatable bonds is 4. The molecule has 2 N–H and O–H groups in total. The first-order valence-corrected chi connectivity index (χ1v) is 7.94. The lowest BCUT2D eigenvalue weighted by atomic mass is 10.0. The predicted molar refractivity (Wildman–Crippen MR) is 95.5 cm³/mol. The highest BCUT2D eigenvalue weighted by Crippen LogP contribution is 2.27. The van der Waals surface area contributed by atoms with Gasteiger partial charge >= 0.3 is 0 Å². The summed E-state index contributed by atoms with van der Waals surface area (Å²) in [6.07, 6.45) is 3.54. The lowest BCUT2D eigenvalue weighted by Gasteiger charge is -2.07. The Hall–Kier alpha value is -3.14. The van der Waals surface area contributed by atoms with Crippen LogP contribution in [0, 0.1) is 0 Å². The molecule has 4 heteroatoms. The number of nitrogen functional groups attached to an aromatic ring is 1. The van der Waals surface area contributed by atoms with Gasteiger partial charge in [0, 0.05) is 23.1 Å². The molecule has 4 rings (SSSR count). The van der Waals surface area contributed by atoms with E-state index in [-0.39, 0.29) is 0 Å². The van der Waals surface area contributed by atoms with Gasteiger partial charge in [0.05, 0.1) is 0 Å². The molecular weight excluding hydrogens is 298 g/mol. The second kappa shape index (κ2) is 6.16. The van der Waals surface area contributed by atoms with E-state index in [0.29, 0.717) is 5.89 Å². The Morgan fingerprint density at radius 1 is 0.917 bits per heavy atom. The number of hydrogen-bond donors (Lipinski definition) is 1. The molecule has 0 atom stereocenters. The van der Waals surface area contributed by atoms with Crippen LogP contribution in [0.25, 0.3) is 22.6 Å². The van der Waals surface area contributed by atoms with E-state index in [0.717, 1.165) is 46.4 Å². The summed E-state index contributed by atoms with van der Waals surface area (Å²) in [5, 5.41) is 0. The van der Waals surface area contributed by atoms with Crippen LogP contribution < -0.4 is 5.73 Å². The maximum atomic E-state index is 6.23. The third kappa shape index (κ3) is 2.86. The lowest BCUT2D eigenvalue weighted by Crippen LogP contribution is -1.99. The van der Waals surface area contributed by atoms with Crippen LogP contribution in [0.4, 0.5) is 5.69 Å². The molecular formula is C20H17N3O. The fraction of sp³-hybridized carbons (Fsp3) is 0.100. The lowest BCUT2D eigenvalue weighted by molar-refractivity contribution is 0.620. The van der Waals surface area contributed by atoms with E-state index in [9.17, 15) is 0 Å². The molecule has 2 heterocycles. The zero-order chi connectivity index (χ0) is 16.4. The number of para-hydroxylation sites is 2. The van der Waals surface area contributed by atoms with E-state index in [1.54, 1.807) is 0 Å². The van der Waals surface area contributed by atoms with Gasteiger partial charge in [-0.3, -0.25) is 4.98 Å². The molecule has 0 saturated heterocycles. The summed E-state index contributed by atoms with van der Waals surface area (Å²) in [7, 11) is 0. The Kier molecular flexibility index (Phi) is 3.71. The number of fused-ring (bicyclic) bond motifs is 1. The monoisotopic (exact) mass is 315 g/mol. The number of nitrogens with zero attached hydrogens (tertiary/aromatic N) is 2. The van der Waals surface area contributed by atoms with Crippen LogP contribution in [-0.2, 0) is 12.8 Å². The van der Waals surface area contributed by atoms with Crippen LogP contribution in [0.3, 0.4) is 0 Å². The standard InChI is InChI=1S/C20H17N3O/c21-17-13-15(20-23-18-6-1-2-7-19(18)24-20)9-8-14(17)10-11-16-5-3-4-12-22-16/h1-9,12-13H,10-11,21H2. The molecule has 24 heavy (non-hydrogen) atoms. The van der Waals surface area contributed by atoms with Crippen molar-refractivity contribution in [3.05, 3.63) is 78.1 Å². The van der Waals surface area contributed by atoms with E-state index in [4.69, 9.17) is 10.2 Å². The Labute approximate surface area is 140 Å². The van der Waals surface area contributed by atoms with Crippen molar-refractivity contribution >= 4 is 16.8 Å². The van der Waals surface area contributed by atoms with Crippen molar-refractivity contribution in [2.45, 2.75) is 12.8 Å².